The van der Waals surface area contributed by atoms with Crippen LogP contribution in [0.15, 0.2) is 47.5 Å². The second-order valence-electron chi connectivity index (χ2n) is 7.50. The smallest absolute Gasteiger partial charge is 0.257 e. The van der Waals surface area contributed by atoms with Gasteiger partial charge in [-0.15, -0.1) is 0 Å². The number of benzene rings is 2. The highest BCUT2D eigenvalue weighted by molar-refractivity contribution is 8.13. The van der Waals surface area contributed by atoms with Gasteiger partial charge in [0, 0.05) is 24.3 Å². The first-order valence-electron chi connectivity index (χ1n) is 9.99. The van der Waals surface area contributed by atoms with Crippen molar-refractivity contribution in [3.8, 4) is 6.07 Å². The molecule has 5 nitrogen and oxygen atoms in total. The predicted octanol–water partition coefficient (Wildman–Crippen LogP) is 4.50. The van der Waals surface area contributed by atoms with Crippen molar-refractivity contribution in [3.63, 3.8) is 0 Å². The number of rotatable bonds is 4. The zero-order valence-electron chi connectivity index (χ0n) is 16.5. The Morgan fingerprint density at radius 1 is 1.28 bits per heavy atom. The number of hydrogen-bond donors (Lipinski definition) is 1. The molecule has 1 heterocycles. The third-order valence-electron chi connectivity index (χ3n) is 5.42. The Kier molecular flexibility index (Phi) is 5.86. The van der Waals surface area contributed by atoms with Gasteiger partial charge in [0.1, 0.15) is 6.07 Å². The van der Waals surface area contributed by atoms with Gasteiger partial charge in [0.15, 0.2) is 5.17 Å². The molecule has 2 aromatic rings. The number of carbonyl (C=O) groups excluding carboxylic acids is 1. The summed E-state index contributed by atoms with van der Waals surface area (Å²) < 4.78 is 0. The zero-order valence-corrected chi connectivity index (χ0v) is 17.3. The van der Waals surface area contributed by atoms with E-state index in [9.17, 15) is 10.1 Å². The van der Waals surface area contributed by atoms with Crippen molar-refractivity contribution in [2.24, 2.45) is 10.9 Å². The maximum Gasteiger partial charge on any atom is 0.257 e. The third-order valence-corrected chi connectivity index (χ3v) is 6.00. The highest BCUT2D eigenvalue weighted by atomic mass is 32.2. The molecule has 0 saturated heterocycles. The Morgan fingerprint density at radius 3 is 2.76 bits per heavy atom. The molecule has 1 fully saturated rings. The van der Waals surface area contributed by atoms with Gasteiger partial charge in [-0.1, -0.05) is 30.0 Å². The van der Waals surface area contributed by atoms with Crippen LogP contribution in [0.4, 0.5) is 11.4 Å². The van der Waals surface area contributed by atoms with Crippen molar-refractivity contribution in [2.75, 3.05) is 24.2 Å². The highest BCUT2D eigenvalue weighted by Crippen LogP contribution is 2.38. The van der Waals surface area contributed by atoms with E-state index in [0.29, 0.717) is 22.0 Å². The zero-order chi connectivity index (χ0) is 20.2. The average Bonchev–Trinajstić information content (AvgIpc) is 3.57. The summed E-state index contributed by atoms with van der Waals surface area (Å²) in [5.74, 6) is 0.603. The summed E-state index contributed by atoms with van der Waals surface area (Å²) in [4.78, 5) is 19.5. The number of nitrogens with one attached hydrogen (secondary N) is 1. The van der Waals surface area contributed by atoms with Crippen LogP contribution >= 0.6 is 11.8 Å². The number of nitrogens with zero attached hydrogens (tertiary/aromatic N) is 3. The lowest BCUT2D eigenvalue weighted by Crippen LogP contribution is -2.31. The fourth-order valence-corrected chi connectivity index (χ4v) is 4.14. The lowest BCUT2D eigenvalue weighted by atomic mass is 9.95. The molecule has 0 bridgehead atoms. The molecule has 148 valence electrons. The van der Waals surface area contributed by atoms with E-state index >= 15 is 0 Å². The van der Waals surface area contributed by atoms with Crippen LogP contribution in [0.1, 0.15) is 40.7 Å². The van der Waals surface area contributed by atoms with Gasteiger partial charge in [-0.2, -0.15) is 5.26 Å². The van der Waals surface area contributed by atoms with Crippen molar-refractivity contribution in [1.29, 1.82) is 5.26 Å². The standard InChI is InChI=1S/C23H24N4OS/c1-29-23(26-22(28)17-6-3-2-4-7-17)25-20-11-12-21-18(19(20)14-24)8-5-13-27(21)15-16-9-10-16/h2-4,6-7,11-12,16H,5,8-10,13,15H2,1H3,(H,25,26,28). The maximum absolute atomic E-state index is 12.5. The lowest BCUT2D eigenvalue weighted by Gasteiger charge is -2.32. The Balaban J connectivity index is 1.61. The molecule has 1 N–H and O–H groups in total. The molecule has 0 aromatic heterocycles. The van der Waals surface area contributed by atoms with Crippen molar-refractivity contribution in [1.82, 2.24) is 5.32 Å². The summed E-state index contributed by atoms with van der Waals surface area (Å²) in [6.45, 7) is 2.14. The number of thioether (sulfide) groups is 1. The van der Waals surface area contributed by atoms with Gasteiger partial charge in [-0.05, 0) is 67.7 Å². The van der Waals surface area contributed by atoms with Gasteiger partial charge in [-0.25, -0.2) is 4.99 Å². The predicted molar refractivity (Wildman–Crippen MR) is 119 cm³/mol. The van der Waals surface area contributed by atoms with Crippen molar-refractivity contribution in [2.45, 2.75) is 25.7 Å². The fraction of sp³-hybridized carbons (Fsp3) is 0.348. The molecule has 2 aliphatic rings. The van der Waals surface area contributed by atoms with E-state index in [1.54, 1.807) is 12.1 Å². The summed E-state index contributed by atoms with van der Waals surface area (Å²) in [5.41, 5.74) is 4.10. The van der Waals surface area contributed by atoms with Crippen LogP contribution in [0.25, 0.3) is 0 Å². The molecular weight excluding hydrogens is 380 g/mol. The summed E-state index contributed by atoms with van der Waals surface area (Å²) in [6, 6.07) is 15.4. The van der Waals surface area contributed by atoms with E-state index in [4.69, 9.17) is 0 Å². The van der Waals surface area contributed by atoms with Crippen molar-refractivity contribution >= 4 is 34.2 Å². The van der Waals surface area contributed by atoms with Crippen LogP contribution in [0.2, 0.25) is 0 Å². The molecule has 1 amide bonds. The molecule has 29 heavy (non-hydrogen) atoms. The van der Waals surface area contributed by atoms with Gasteiger partial charge >= 0.3 is 0 Å². The molecule has 1 aliphatic carbocycles. The molecule has 1 saturated carbocycles. The summed E-state index contributed by atoms with van der Waals surface area (Å²) in [6.07, 6.45) is 6.45. The Morgan fingerprint density at radius 2 is 2.07 bits per heavy atom. The maximum atomic E-state index is 12.5. The molecule has 1 aliphatic heterocycles. The SMILES string of the molecule is CSC(=Nc1ccc2c(c1C#N)CCCN2CC1CC1)NC(=O)c1ccccc1. The van der Waals surface area contributed by atoms with E-state index in [2.05, 4.69) is 27.3 Å². The number of anilines is 1. The third kappa shape index (κ3) is 4.46. The molecular formula is C23H24N4OS. The van der Waals surface area contributed by atoms with Crippen LogP contribution in [-0.2, 0) is 6.42 Å². The van der Waals surface area contributed by atoms with E-state index in [0.717, 1.165) is 37.4 Å². The van der Waals surface area contributed by atoms with Crippen LogP contribution < -0.4 is 10.2 Å². The molecule has 6 heteroatoms. The minimum Gasteiger partial charge on any atom is -0.371 e. The first kappa shape index (κ1) is 19.5. The quantitative estimate of drug-likeness (QED) is 0.602. The molecule has 0 radical (unpaired) electrons. The van der Waals surface area contributed by atoms with E-state index < -0.39 is 0 Å². The van der Waals surface area contributed by atoms with Gasteiger partial charge in [0.2, 0.25) is 0 Å². The Hall–Kier alpha value is -2.78. The van der Waals surface area contributed by atoms with Crippen molar-refractivity contribution < 1.29 is 4.79 Å². The molecule has 0 atom stereocenters. The largest absolute Gasteiger partial charge is 0.371 e. The van der Waals surface area contributed by atoms with E-state index in [1.807, 2.05) is 30.5 Å². The molecule has 4 rings (SSSR count). The topological polar surface area (TPSA) is 68.5 Å². The summed E-state index contributed by atoms with van der Waals surface area (Å²) in [5, 5.41) is 13.2. The second-order valence-corrected chi connectivity index (χ2v) is 8.30. The molecule has 0 spiro atoms. The number of amidine groups is 1. The van der Waals surface area contributed by atoms with Crippen LogP contribution in [0.5, 0.6) is 0 Å². The van der Waals surface area contributed by atoms with Gasteiger partial charge < -0.3 is 10.2 Å². The van der Waals surface area contributed by atoms with Crippen LogP contribution in [0.3, 0.4) is 0 Å². The number of fused-ring (bicyclic) bond motifs is 1. The van der Waals surface area contributed by atoms with Crippen LogP contribution in [-0.4, -0.2) is 30.4 Å². The minimum absolute atomic E-state index is 0.203. The Labute approximate surface area is 175 Å². The van der Waals surface area contributed by atoms with Gasteiger partial charge in [0.05, 0.1) is 11.3 Å². The van der Waals surface area contributed by atoms with E-state index in [1.165, 1.54) is 30.3 Å². The number of amides is 1. The Bertz CT molecular complexity index is 976. The number of aliphatic imine (C=N–C) groups is 1. The van der Waals surface area contributed by atoms with Crippen molar-refractivity contribution in [3.05, 3.63) is 59.2 Å². The summed E-state index contributed by atoms with van der Waals surface area (Å²) >= 11 is 1.36. The highest BCUT2D eigenvalue weighted by Gasteiger charge is 2.28. The first-order valence-corrected chi connectivity index (χ1v) is 11.2. The normalized spacial score (nSPS) is 16.1. The lowest BCUT2D eigenvalue weighted by molar-refractivity contribution is 0.0978. The molecule has 2 aromatic carbocycles. The summed E-state index contributed by atoms with van der Waals surface area (Å²) in [7, 11) is 0. The number of nitriles is 1. The second kappa shape index (κ2) is 8.71. The van der Waals surface area contributed by atoms with Crippen LogP contribution in [0, 0.1) is 17.2 Å². The fourth-order valence-electron chi connectivity index (χ4n) is 3.75. The number of carbonyl (C=O) groups is 1. The van der Waals surface area contributed by atoms with Gasteiger partial charge in [0.25, 0.3) is 5.91 Å². The monoisotopic (exact) mass is 404 g/mol. The van der Waals surface area contributed by atoms with E-state index in [-0.39, 0.29) is 5.91 Å². The molecule has 0 unspecified atom stereocenters. The van der Waals surface area contributed by atoms with Gasteiger partial charge in [-0.3, -0.25) is 4.79 Å². The minimum atomic E-state index is -0.203. The number of hydrogen-bond acceptors (Lipinski definition) is 5. The first-order chi connectivity index (χ1) is 14.2. The average molecular weight is 405 g/mol.